The molecule has 3 aromatic rings. The van der Waals surface area contributed by atoms with Crippen LogP contribution in [0.2, 0.25) is 0 Å². The smallest absolute Gasteiger partial charge is 0.412 e. The normalized spacial score (nSPS) is 20.4. The number of fused-ring (bicyclic) bond motifs is 1. The SMILES string of the molecule is COc1ccc(OC(=O)NC2CCC(Cc3cc(N4CCOCC4)cc4nccnc34)CC2)cc1. The van der Waals surface area contributed by atoms with Gasteiger partial charge in [-0.3, -0.25) is 9.97 Å². The van der Waals surface area contributed by atoms with Gasteiger partial charge in [0.15, 0.2) is 0 Å². The molecule has 1 aromatic heterocycles. The number of carbonyl (C=O) groups is 1. The molecular weight excluding hydrogens is 444 g/mol. The largest absolute Gasteiger partial charge is 0.497 e. The summed E-state index contributed by atoms with van der Waals surface area (Å²) in [7, 11) is 1.61. The Hall–Kier alpha value is -3.39. The maximum atomic E-state index is 12.3. The van der Waals surface area contributed by atoms with Gasteiger partial charge in [0.2, 0.25) is 0 Å². The molecule has 2 aromatic carbocycles. The molecule has 1 aliphatic heterocycles. The first-order valence-electron chi connectivity index (χ1n) is 12.4. The van der Waals surface area contributed by atoms with Crippen molar-refractivity contribution >= 4 is 22.8 Å². The van der Waals surface area contributed by atoms with E-state index in [0.717, 1.165) is 75.2 Å². The van der Waals surface area contributed by atoms with Gasteiger partial charge in [-0.2, -0.15) is 0 Å². The molecule has 1 saturated heterocycles. The van der Waals surface area contributed by atoms with Gasteiger partial charge in [0.1, 0.15) is 11.5 Å². The van der Waals surface area contributed by atoms with Gasteiger partial charge in [0.05, 0.1) is 31.4 Å². The average Bonchev–Trinajstić information content (AvgIpc) is 2.90. The fourth-order valence-corrected chi connectivity index (χ4v) is 5.06. The molecule has 8 nitrogen and oxygen atoms in total. The lowest BCUT2D eigenvalue weighted by Gasteiger charge is -2.31. The molecule has 8 heteroatoms. The van der Waals surface area contributed by atoms with Crippen molar-refractivity contribution in [1.82, 2.24) is 15.3 Å². The molecule has 35 heavy (non-hydrogen) atoms. The molecule has 1 amide bonds. The van der Waals surface area contributed by atoms with Crippen LogP contribution in [-0.4, -0.2) is 55.5 Å². The van der Waals surface area contributed by atoms with Gasteiger partial charge >= 0.3 is 6.09 Å². The standard InChI is InChI=1S/C27H32N4O4/c1-33-23-6-8-24(9-7-23)35-27(32)30-21-4-2-19(3-5-21)16-20-17-22(31-12-14-34-15-13-31)18-25-26(20)29-11-10-28-25/h6-11,17-19,21H,2-5,12-16H2,1H3,(H,30,32). The third-order valence-corrected chi connectivity index (χ3v) is 6.96. The second-order valence-electron chi connectivity index (χ2n) is 9.26. The number of nitrogens with zero attached hydrogens (tertiary/aromatic N) is 3. The van der Waals surface area contributed by atoms with Gasteiger partial charge in [-0.05, 0) is 80.0 Å². The Morgan fingerprint density at radius 3 is 2.49 bits per heavy atom. The molecule has 2 fully saturated rings. The van der Waals surface area contributed by atoms with E-state index in [2.05, 4.69) is 32.3 Å². The van der Waals surface area contributed by atoms with Crippen molar-refractivity contribution in [2.75, 3.05) is 38.3 Å². The Labute approximate surface area is 205 Å². The Morgan fingerprint density at radius 1 is 1.03 bits per heavy atom. The molecule has 2 heterocycles. The number of morpholine rings is 1. The topological polar surface area (TPSA) is 85.8 Å². The Kier molecular flexibility index (Phi) is 7.28. The Bertz CT molecular complexity index is 1140. The molecule has 0 atom stereocenters. The van der Waals surface area contributed by atoms with Crippen molar-refractivity contribution in [3.63, 3.8) is 0 Å². The number of aromatic nitrogens is 2. The van der Waals surface area contributed by atoms with Crippen molar-refractivity contribution in [3.8, 4) is 11.5 Å². The first-order chi connectivity index (χ1) is 17.2. The summed E-state index contributed by atoms with van der Waals surface area (Å²) < 4.78 is 16.1. The highest BCUT2D eigenvalue weighted by Crippen LogP contribution is 2.32. The van der Waals surface area contributed by atoms with E-state index >= 15 is 0 Å². The number of anilines is 1. The van der Waals surface area contributed by atoms with Crippen molar-refractivity contribution < 1.29 is 19.0 Å². The monoisotopic (exact) mass is 476 g/mol. The quantitative estimate of drug-likeness (QED) is 0.566. The second kappa shape index (κ2) is 10.9. The molecule has 0 unspecified atom stereocenters. The predicted molar refractivity (Wildman–Crippen MR) is 134 cm³/mol. The third kappa shape index (κ3) is 5.82. The first-order valence-corrected chi connectivity index (χ1v) is 12.4. The summed E-state index contributed by atoms with van der Waals surface area (Å²) >= 11 is 0. The van der Waals surface area contributed by atoms with Gasteiger partial charge in [-0.1, -0.05) is 0 Å². The van der Waals surface area contributed by atoms with E-state index in [1.807, 2.05) is 0 Å². The number of benzene rings is 2. The molecule has 5 rings (SSSR count). The highest BCUT2D eigenvalue weighted by atomic mass is 16.6. The van der Waals surface area contributed by atoms with E-state index in [1.54, 1.807) is 43.8 Å². The lowest BCUT2D eigenvalue weighted by molar-refractivity contribution is 0.122. The second-order valence-corrected chi connectivity index (χ2v) is 9.26. The summed E-state index contributed by atoms with van der Waals surface area (Å²) in [5.41, 5.74) is 4.40. The van der Waals surface area contributed by atoms with Gasteiger partial charge in [-0.15, -0.1) is 0 Å². The van der Waals surface area contributed by atoms with Crippen LogP contribution in [0.4, 0.5) is 10.5 Å². The number of amides is 1. The number of carbonyl (C=O) groups excluding carboxylic acids is 1. The highest BCUT2D eigenvalue weighted by Gasteiger charge is 2.25. The summed E-state index contributed by atoms with van der Waals surface area (Å²) in [5.74, 6) is 1.78. The van der Waals surface area contributed by atoms with Crippen molar-refractivity contribution in [1.29, 1.82) is 0 Å². The Morgan fingerprint density at radius 2 is 1.74 bits per heavy atom. The van der Waals surface area contributed by atoms with Crippen LogP contribution < -0.4 is 19.7 Å². The number of rotatable bonds is 6. The lowest BCUT2D eigenvalue weighted by Crippen LogP contribution is -2.39. The predicted octanol–water partition coefficient (Wildman–Crippen LogP) is 4.36. The van der Waals surface area contributed by atoms with Crippen molar-refractivity contribution in [3.05, 3.63) is 54.4 Å². The van der Waals surface area contributed by atoms with Gasteiger partial charge < -0.3 is 24.4 Å². The third-order valence-electron chi connectivity index (χ3n) is 6.96. The fraction of sp³-hybridized carbons (Fsp3) is 0.444. The van der Waals surface area contributed by atoms with Gasteiger partial charge in [0.25, 0.3) is 0 Å². The number of hydrogen-bond acceptors (Lipinski definition) is 7. The summed E-state index contributed by atoms with van der Waals surface area (Å²) in [6.07, 6.45) is 8.08. The van der Waals surface area contributed by atoms with Crippen LogP contribution >= 0.6 is 0 Å². The molecule has 1 aliphatic carbocycles. The average molecular weight is 477 g/mol. The molecule has 2 aliphatic rings. The number of methoxy groups -OCH3 is 1. The van der Waals surface area contributed by atoms with E-state index in [4.69, 9.17) is 14.2 Å². The molecule has 0 bridgehead atoms. The van der Waals surface area contributed by atoms with Crippen LogP contribution in [0.5, 0.6) is 11.5 Å². The number of hydrogen-bond donors (Lipinski definition) is 1. The van der Waals surface area contributed by atoms with Crippen LogP contribution in [-0.2, 0) is 11.2 Å². The van der Waals surface area contributed by atoms with E-state index in [0.29, 0.717) is 11.7 Å². The zero-order chi connectivity index (χ0) is 24.0. The van der Waals surface area contributed by atoms with E-state index in [1.165, 1.54) is 11.3 Å². The highest BCUT2D eigenvalue weighted by molar-refractivity contribution is 5.82. The first kappa shape index (κ1) is 23.4. The maximum Gasteiger partial charge on any atom is 0.412 e. The maximum absolute atomic E-state index is 12.3. The number of ether oxygens (including phenoxy) is 3. The van der Waals surface area contributed by atoms with Crippen LogP contribution in [0.3, 0.4) is 0 Å². The summed E-state index contributed by atoms with van der Waals surface area (Å²) in [5, 5.41) is 3.03. The zero-order valence-corrected chi connectivity index (χ0v) is 20.1. The Balaban J connectivity index is 1.18. The minimum atomic E-state index is -0.405. The van der Waals surface area contributed by atoms with E-state index in [9.17, 15) is 4.79 Å². The zero-order valence-electron chi connectivity index (χ0n) is 20.1. The lowest BCUT2D eigenvalue weighted by atomic mass is 9.82. The molecule has 0 radical (unpaired) electrons. The molecule has 1 saturated carbocycles. The van der Waals surface area contributed by atoms with Crippen LogP contribution in [0.1, 0.15) is 31.2 Å². The van der Waals surface area contributed by atoms with Crippen molar-refractivity contribution in [2.24, 2.45) is 5.92 Å². The number of nitrogens with one attached hydrogen (secondary N) is 1. The van der Waals surface area contributed by atoms with E-state index < -0.39 is 6.09 Å². The minimum absolute atomic E-state index is 0.133. The molecular formula is C27H32N4O4. The van der Waals surface area contributed by atoms with E-state index in [-0.39, 0.29) is 6.04 Å². The molecule has 1 N–H and O–H groups in total. The summed E-state index contributed by atoms with van der Waals surface area (Å²) in [6, 6.07) is 11.6. The summed E-state index contributed by atoms with van der Waals surface area (Å²) in [4.78, 5) is 24.0. The van der Waals surface area contributed by atoms with Gasteiger partial charge in [0, 0.05) is 37.2 Å². The minimum Gasteiger partial charge on any atom is -0.497 e. The van der Waals surface area contributed by atoms with Crippen LogP contribution in [0.15, 0.2) is 48.8 Å². The van der Waals surface area contributed by atoms with Gasteiger partial charge in [-0.25, -0.2) is 4.79 Å². The molecule has 184 valence electrons. The van der Waals surface area contributed by atoms with Crippen molar-refractivity contribution in [2.45, 2.75) is 38.1 Å². The van der Waals surface area contributed by atoms with Crippen LogP contribution in [0.25, 0.3) is 11.0 Å². The van der Waals surface area contributed by atoms with Crippen LogP contribution in [0, 0.1) is 5.92 Å². The fourth-order valence-electron chi connectivity index (χ4n) is 5.06. The summed E-state index contributed by atoms with van der Waals surface area (Å²) in [6.45, 7) is 3.31. The molecule has 0 spiro atoms.